The number of nitrogen functional groups attached to an aromatic ring is 1. The minimum Gasteiger partial charge on any atom is -0.497 e. The van der Waals surface area contributed by atoms with Gasteiger partial charge in [0.2, 0.25) is 0 Å². The fourth-order valence-electron chi connectivity index (χ4n) is 2.77. The smallest absolute Gasteiger partial charge is 0.199 e. The molecule has 2 aromatic rings. The summed E-state index contributed by atoms with van der Waals surface area (Å²) in [7, 11) is 1.57. The van der Waals surface area contributed by atoms with Crippen molar-refractivity contribution in [2.45, 2.75) is 38.8 Å². The van der Waals surface area contributed by atoms with Crippen molar-refractivity contribution in [3.8, 4) is 23.0 Å². The average Bonchev–Trinajstić information content (AvgIpc) is 2.66. The fraction of sp³-hybridized carbons (Fsp3) is 0.400. The molecule has 27 heavy (non-hydrogen) atoms. The summed E-state index contributed by atoms with van der Waals surface area (Å²) in [6.45, 7) is 2.52. The first-order valence-electron chi connectivity index (χ1n) is 8.90. The topological polar surface area (TPSA) is 72.2 Å². The van der Waals surface area contributed by atoms with Crippen LogP contribution in [0, 0.1) is 0 Å². The summed E-state index contributed by atoms with van der Waals surface area (Å²) in [5.74, 6) is 1.87. The van der Waals surface area contributed by atoms with Gasteiger partial charge in [-0.2, -0.15) is 0 Å². The van der Waals surface area contributed by atoms with Crippen LogP contribution in [0.15, 0.2) is 36.4 Å². The second kappa shape index (κ2) is 9.17. The van der Waals surface area contributed by atoms with Crippen molar-refractivity contribution in [3.05, 3.63) is 41.4 Å². The van der Waals surface area contributed by atoms with Gasteiger partial charge >= 0.3 is 0 Å². The van der Waals surface area contributed by atoms with Gasteiger partial charge in [-0.1, -0.05) is 17.7 Å². The van der Waals surface area contributed by atoms with E-state index in [1.165, 1.54) is 0 Å². The van der Waals surface area contributed by atoms with Gasteiger partial charge in [-0.05, 0) is 50.5 Å². The molecule has 7 heteroatoms. The highest BCUT2D eigenvalue weighted by Gasteiger charge is 2.20. The van der Waals surface area contributed by atoms with Crippen molar-refractivity contribution in [2.24, 2.45) is 0 Å². The van der Waals surface area contributed by atoms with Crippen LogP contribution in [0.2, 0.25) is 5.02 Å². The van der Waals surface area contributed by atoms with Crippen molar-refractivity contribution in [1.29, 1.82) is 0 Å². The van der Waals surface area contributed by atoms with Crippen LogP contribution in [0.4, 0.5) is 5.69 Å². The Labute approximate surface area is 164 Å². The van der Waals surface area contributed by atoms with E-state index in [2.05, 4.69) is 0 Å². The summed E-state index contributed by atoms with van der Waals surface area (Å²) in [4.78, 5) is 0. The summed E-state index contributed by atoms with van der Waals surface area (Å²) in [6.07, 6.45) is 2.21. The molecule has 1 aliphatic rings. The second-order valence-electron chi connectivity index (χ2n) is 6.19. The molecule has 1 heterocycles. The largest absolute Gasteiger partial charge is 0.497 e. The molecule has 2 N–H and O–H groups in total. The number of nitrogens with two attached hydrogens (primary N) is 1. The van der Waals surface area contributed by atoms with Crippen LogP contribution in [-0.4, -0.2) is 26.3 Å². The molecule has 0 aliphatic carbocycles. The van der Waals surface area contributed by atoms with Crippen molar-refractivity contribution in [3.63, 3.8) is 0 Å². The maximum Gasteiger partial charge on any atom is 0.199 e. The SMILES string of the molecule is COc1ccc(Cl)c(Oc2c(N)cccc2OC(C)OC2CCCCO2)c1. The molecule has 0 bridgehead atoms. The summed E-state index contributed by atoms with van der Waals surface area (Å²) in [5, 5.41) is 0.435. The van der Waals surface area contributed by atoms with Gasteiger partial charge in [0.05, 0.1) is 17.8 Å². The zero-order valence-electron chi connectivity index (χ0n) is 15.4. The third kappa shape index (κ3) is 5.19. The first-order chi connectivity index (χ1) is 13.1. The molecule has 146 valence electrons. The molecule has 2 aromatic carbocycles. The molecular weight excluding hydrogens is 370 g/mol. The van der Waals surface area contributed by atoms with Crippen LogP contribution in [0.5, 0.6) is 23.0 Å². The number of anilines is 1. The molecule has 1 saturated heterocycles. The Hall–Kier alpha value is -2.15. The molecule has 6 nitrogen and oxygen atoms in total. The van der Waals surface area contributed by atoms with Gasteiger partial charge in [-0.3, -0.25) is 0 Å². The second-order valence-corrected chi connectivity index (χ2v) is 6.60. The van der Waals surface area contributed by atoms with E-state index in [-0.39, 0.29) is 6.29 Å². The van der Waals surface area contributed by atoms with Gasteiger partial charge in [0.1, 0.15) is 11.5 Å². The number of halogens is 1. The molecule has 0 spiro atoms. The predicted octanol–water partition coefficient (Wildman–Crippen LogP) is 4.99. The van der Waals surface area contributed by atoms with Crippen molar-refractivity contribution in [2.75, 3.05) is 19.5 Å². The van der Waals surface area contributed by atoms with Gasteiger partial charge < -0.3 is 29.4 Å². The van der Waals surface area contributed by atoms with Crippen LogP contribution in [-0.2, 0) is 9.47 Å². The molecule has 0 aromatic heterocycles. The number of rotatable bonds is 7. The lowest BCUT2D eigenvalue weighted by Gasteiger charge is -2.26. The van der Waals surface area contributed by atoms with Gasteiger partial charge in [-0.25, -0.2) is 0 Å². The van der Waals surface area contributed by atoms with Gasteiger partial charge in [0.15, 0.2) is 24.1 Å². The van der Waals surface area contributed by atoms with E-state index in [9.17, 15) is 0 Å². The molecular formula is C20H24ClNO5. The van der Waals surface area contributed by atoms with E-state index in [4.69, 9.17) is 41.0 Å². The zero-order chi connectivity index (χ0) is 19.2. The van der Waals surface area contributed by atoms with Crippen molar-refractivity contribution >= 4 is 17.3 Å². The van der Waals surface area contributed by atoms with Crippen LogP contribution in [0.25, 0.3) is 0 Å². The van der Waals surface area contributed by atoms with Crippen LogP contribution < -0.4 is 19.9 Å². The maximum absolute atomic E-state index is 6.24. The molecule has 0 amide bonds. The Morgan fingerprint density at radius 1 is 1.19 bits per heavy atom. The van der Waals surface area contributed by atoms with Crippen molar-refractivity contribution < 1.29 is 23.7 Å². The third-order valence-electron chi connectivity index (χ3n) is 4.13. The number of benzene rings is 2. The van der Waals surface area contributed by atoms with Crippen molar-refractivity contribution in [1.82, 2.24) is 0 Å². The predicted molar refractivity (Wildman–Crippen MR) is 104 cm³/mol. The van der Waals surface area contributed by atoms with Crippen LogP contribution >= 0.6 is 11.6 Å². The third-order valence-corrected chi connectivity index (χ3v) is 4.45. The van der Waals surface area contributed by atoms with Gasteiger partial charge in [-0.15, -0.1) is 0 Å². The average molecular weight is 394 g/mol. The lowest BCUT2D eigenvalue weighted by molar-refractivity contribution is -0.225. The summed E-state index contributed by atoms with van der Waals surface area (Å²) < 4.78 is 28.5. The first-order valence-corrected chi connectivity index (χ1v) is 9.28. The number of ether oxygens (including phenoxy) is 5. The molecule has 1 aliphatic heterocycles. The van der Waals surface area contributed by atoms with E-state index in [0.29, 0.717) is 40.3 Å². The minimum absolute atomic E-state index is 0.257. The lowest BCUT2D eigenvalue weighted by atomic mass is 10.2. The Morgan fingerprint density at radius 2 is 2.04 bits per heavy atom. The minimum atomic E-state index is -0.530. The van der Waals surface area contributed by atoms with Gasteiger partial charge in [0, 0.05) is 12.7 Å². The normalized spacial score (nSPS) is 18.0. The van der Waals surface area contributed by atoms with E-state index in [0.717, 1.165) is 19.3 Å². The zero-order valence-corrected chi connectivity index (χ0v) is 16.2. The molecule has 1 fully saturated rings. The molecule has 2 unspecified atom stereocenters. The lowest BCUT2D eigenvalue weighted by Crippen LogP contribution is -2.29. The number of hydrogen-bond donors (Lipinski definition) is 1. The molecule has 2 atom stereocenters. The Kier molecular flexibility index (Phi) is 6.66. The highest BCUT2D eigenvalue weighted by Crippen LogP contribution is 2.41. The Bertz CT molecular complexity index is 764. The highest BCUT2D eigenvalue weighted by atomic mass is 35.5. The first kappa shape index (κ1) is 19.6. The van der Waals surface area contributed by atoms with E-state index < -0.39 is 6.29 Å². The maximum atomic E-state index is 6.24. The van der Waals surface area contributed by atoms with E-state index >= 15 is 0 Å². The summed E-state index contributed by atoms with van der Waals surface area (Å²) in [5.41, 5.74) is 6.53. The standard InChI is InChI=1S/C20H24ClNO5/c1-13(26-19-8-3-4-11-24-19)25-17-7-5-6-16(22)20(17)27-18-12-14(23-2)9-10-15(18)21/h5-7,9-10,12-13,19H,3-4,8,11,22H2,1-2H3. The number of hydrogen-bond acceptors (Lipinski definition) is 6. The summed E-state index contributed by atoms with van der Waals surface area (Å²) >= 11 is 6.24. The molecule has 0 saturated carbocycles. The van der Waals surface area contributed by atoms with E-state index in [1.54, 1.807) is 43.5 Å². The molecule has 3 rings (SSSR count). The Morgan fingerprint density at radius 3 is 2.78 bits per heavy atom. The monoisotopic (exact) mass is 393 g/mol. The number of para-hydroxylation sites is 1. The molecule has 0 radical (unpaired) electrons. The van der Waals surface area contributed by atoms with Crippen LogP contribution in [0.1, 0.15) is 26.2 Å². The van der Waals surface area contributed by atoms with Crippen LogP contribution in [0.3, 0.4) is 0 Å². The quantitative estimate of drug-likeness (QED) is 0.527. The fourth-order valence-corrected chi connectivity index (χ4v) is 2.93. The van der Waals surface area contributed by atoms with Gasteiger partial charge in [0.25, 0.3) is 0 Å². The Balaban J connectivity index is 1.76. The number of methoxy groups -OCH3 is 1. The summed E-state index contributed by atoms with van der Waals surface area (Å²) in [6, 6.07) is 10.4. The van der Waals surface area contributed by atoms with E-state index in [1.807, 2.05) is 6.92 Å². The highest BCUT2D eigenvalue weighted by molar-refractivity contribution is 6.32.